The molecule has 0 spiro atoms. The summed E-state index contributed by atoms with van der Waals surface area (Å²) in [5.74, 6) is -0.723. The van der Waals surface area contributed by atoms with Gasteiger partial charge in [-0.1, -0.05) is 0 Å². The zero-order valence-electron chi connectivity index (χ0n) is 10.8. The number of carboxylic acid groups (broad SMARTS) is 1. The highest BCUT2D eigenvalue weighted by atomic mass is 19.1. The third-order valence-electron chi connectivity index (χ3n) is 3.67. The molecule has 0 bridgehead atoms. The molecule has 0 saturated carbocycles. The van der Waals surface area contributed by atoms with E-state index in [2.05, 4.69) is 0 Å². The topological polar surface area (TPSA) is 55.8 Å². The molecule has 0 aromatic heterocycles. The summed E-state index contributed by atoms with van der Waals surface area (Å²) in [5.41, 5.74) is -0.300. The molecule has 4 nitrogen and oxygen atoms in total. The molecule has 0 aliphatic carbocycles. The third-order valence-corrected chi connectivity index (χ3v) is 3.67. The molecule has 1 aromatic rings. The summed E-state index contributed by atoms with van der Waals surface area (Å²) >= 11 is 0. The van der Waals surface area contributed by atoms with Crippen LogP contribution in [0.4, 0.5) is 4.39 Å². The van der Waals surface area contributed by atoms with Crippen molar-refractivity contribution in [3.8, 4) is 5.75 Å². The Kier molecular flexibility index (Phi) is 4.04. The molecule has 1 aliphatic heterocycles. The Morgan fingerprint density at radius 2 is 2.16 bits per heavy atom. The van der Waals surface area contributed by atoms with Crippen molar-refractivity contribution >= 4 is 5.97 Å². The number of halogens is 1. The lowest BCUT2D eigenvalue weighted by molar-refractivity contribution is -0.154. The smallest absolute Gasteiger partial charge is 0.310 e. The van der Waals surface area contributed by atoms with Gasteiger partial charge in [-0.2, -0.15) is 0 Å². The number of benzene rings is 1. The fourth-order valence-electron chi connectivity index (χ4n) is 2.48. The molecule has 0 unspecified atom stereocenters. The number of carboxylic acids is 1. The summed E-state index contributed by atoms with van der Waals surface area (Å²) in [6, 6.07) is 4.18. The van der Waals surface area contributed by atoms with Crippen LogP contribution >= 0.6 is 0 Å². The molecule has 2 rings (SSSR count). The van der Waals surface area contributed by atoms with E-state index in [1.54, 1.807) is 0 Å². The van der Waals surface area contributed by atoms with E-state index in [4.69, 9.17) is 9.47 Å². The van der Waals surface area contributed by atoms with Gasteiger partial charge in [0.05, 0.1) is 12.5 Å². The van der Waals surface area contributed by atoms with Crippen molar-refractivity contribution in [1.82, 2.24) is 0 Å². The first-order valence-corrected chi connectivity index (χ1v) is 6.21. The van der Waals surface area contributed by atoms with Crippen LogP contribution in [-0.4, -0.2) is 31.4 Å². The lowest BCUT2D eigenvalue weighted by atomic mass is 9.75. The second-order valence-corrected chi connectivity index (χ2v) is 4.83. The average Bonchev–Trinajstić information content (AvgIpc) is 2.40. The summed E-state index contributed by atoms with van der Waals surface area (Å²) < 4.78 is 23.7. The number of carbonyl (C=O) groups is 1. The van der Waals surface area contributed by atoms with Gasteiger partial charge in [-0.15, -0.1) is 0 Å². The molecule has 1 N–H and O–H groups in total. The minimum Gasteiger partial charge on any atom is -0.496 e. The Morgan fingerprint density at radius 3 is 2.74 bits per heavy atom. The van der Waals surface area contributed by atoms with Gasteiger partial charge in [0.25, 0.3) is 0 Å². The summed E-state index contributed by atoms with van der Waals surface area (Å²) in [6.07, 6.45) is 1.12. The molecule has 0 radical (unpaired) electrons. The molecular formula is C14H17FO4. The Labute approximate surface area is 111 Å². The van der Waals surface area contributed by atoms with Crippen molar-refractivity contribution in [2.24, 2.45) is 5.41 Å². The van der Waals surface area contributed by atoms with Crippen molar-refractivity contribution in [1.29, 1.82) is 0 Å². The van der Waals surface area contributed by atoms with Gasteiger partial charge in [-0.05, 0) is 43.0 Å². The summed E-state index contributed by atoms with van der Waals surface area (Å²) in [4.78, 5) is 11.6. The quantitative estimate of drug-likeness (QED) is 0.910. The maximum atomic E-state index is 13.3. The second-order valence-electron chi connectivity index (χ2n) is 4.83. The Balaban J connectivity index is 2.31. The van der Waals surface area contributed by atoms with Crippen LogP contribution in [0, 0.1) is 11.2 Å². The van der Waals surface area contributed by atoms with Gasteiger partial charge in [0.2, 0.25) is 0 Å². The first-order chi connectivity index (χ1) is 9.07. The van der Waals surface area contributed by atoms with Crippen LogP contribution in [0.25, 0.3) is 0 Å². The lowest BCUT2D eigenvalue weighted by Gasteiger charge is -2.33. The Morgan fingerprint density at radius 1 is 1.47 bits per heavy atom. The zero-order chi connectivity index (χ0) is 13.9. The molecule has 19 heavy (non-hydrogen) atoms. The van der Waals surface area contributed by atoms with Crippen LogP contribution in [0.3, 0.4) is 0 Å². The minimum atomic E-state index is -0.890. The van der Waals surface area contributed by atoms with Crippen LogP contribution in [0.2, 0.25) is 0 Å². The summed E-state index contributed by atoms with van der Waals surface area (Å²) in [7, 11) is 1.49. The average molecular weight is 268 g/mol. The van der Waals surface area contributed by atoms with Gasteiger partial charge in [0.1, 0.15) is 11.6 Å². The van der Waals surface area contributed by atoms with E-state index in [1.807, 2.05) is 0 Å². The van der Waals surface area contributed by atoms with Crippen molar-refractivity contribution in [3.05, 3.63) is 29.6 Å². The van der Waals surface area contributed by atoms with E-state index >= 15 is 0 Å². The van der Waals surface area contributed by atoms with Gasteiger partial charge in [0.15, 0.2) is 0 Å². The molecule has 1 saturated heterocycles. The predicted molar refractivity (Wildman–Crippen MR) is 66.8 cm³/mol. The normalized spacial score (nSPS) is 18.0. The van der Waals surface area contributed by atoms with Gasteiger partial charge >= 0.3 is 5.97 Å². The fourth-order valence-corrected chi connectivity index (χ4v) is 2.48. The molecule has 5 heteroatoms. The number of ether oxygens (including phenoxy) is 2. The van der Waals surface area contributed by atoms with E-state index in [0.717, 1.165) is 0 Å². The van der Waals surface area contributed by atoms with Crippen LogP contribution in [-0.2, 0) is 16.0 Å². The summed E-state index contributed by atoms with van der Waals surface area (Å²) in [5, 5.41) is 9.49. The fraction of sp³-hybridized carbons (Fsp3) is 0.500. The van der Waals surface area contributed by atoms with Gasteiger partial charge in [-0.3, -0.25) is 4.79 Å². The predicted octanol–water partition coefficient (Wildman–Crippen LogP) is 2.26. The molecule has 0 atom stereocenters. The number of methoxy groups -OCH3 is 1. The highest BCUT2D eigenvalue weighted by Gasteiger charge is 2.40. The Hall–Kier alpha value is -1.62. The van der Waals surface area contributed by atoms with Gasteiger partial charge in [-0.25, -0.2) is 4.39 Å². The van der Waals surface area contributed by atoms with E-state index in [9.17, 15) is 14.3 Å². The standard InChI is InChI=1S/C14H17FO4/c1-18-12-3-2-11(15)8-10(12)9-14(13(16)17)4-6-19-7-5-14/h2-3,8H,4-7,9H2,1H3,(H,16,17). The van der Waals surface area contributed by atoms with Crippen LogP contribution in [0.5, 0.6) is 5.75 Å². The SMILES string of the molecule is COc1ccc(F)cc1CC1(C(=O)O)CCOCC1. The van der Waals surface area contributed by atoms with Gasteiger partial charge in [0, 0.05) is 13.2 Å². The van der Waals surface area contributed by atoms with Crippen molar-refractivity contribution in [2.45, 2.75) is 19.3 Å². The van der Waals surface area contributed by atoms with Crippen molar-refractivity contribution in [3.63, 3.8) is 0 Å². The zero-order valence-corrected chi connectivity index (χ0v) is 10.8. The van der Waals surface area contributed by atoms with E-state index in [-0.39, 0.29) is 12.2 Å². The number of rotatable bonds is 4. The number of hydrogen-bond donors (Lipinski definition) is 1. The first-order valence-electron chi connectivity index (χ1n) is 6.21. The van der Waals surface area contributed by atoms with E-state index < -0.39 is 11.4 Å². The molecule has 1 aliphatic rings. The molecule has 1 heterocycles. The maximum Gasteiger partial charge on any atom is 0.310 e. The largest absolute Gasteiger partial charge is 0.496 e. The highest BCUT2D eigenvalue weighted by Crippen LogP contribution is 2.37. The highest BCUT2D eigenvalue weighted by molar-refractivity contribution is 5.75. The first kappa shape index (κ1) is 13.8. The third kappa shape index (κ3) is 2.87. The summed E-state index contributed by atoms with van der Waals surface area (Å²) in [6.45, 7) is 0.841. The van der Waals surface area contributed by atoms with Crippen LogP contribution in [0.15, 0.2) is 18.2 Å². The molecule has 1 aromatic carbocycles. The second kappa shape index (κ2) is 5.57. The van der Waals surface area contributed by atoms with Gasteiger partial charge < -0.3 is 14.6 Å². The lowest BCUT2D eigenvalue weighted by Crippen LogP contribution is -2.39. The number of hydrogen-bond acceptors (Lipinski definition) is 3. The van der Waals surface area contributed by atoms with Crippen LogP contribution < -0.4 is 4.74 Å². The maximum absolute atomic E-state index is 13.3. The minimum absolute atomic E-state index is 0.257. The van der Waals surface area contributed by atoms with Crippen LogP contribution in [0.1, 0.15) is 18.4 Å². The van der Waals surface area contributed by atoms with Crippen molar-refractivity contribution < 1.29 is 23.8 Å². The molecule has 104 valence electrons. The molecular weight excluding hydrogens is 251 g/mol. The number of aliphatic carboxylic acids is 1. The molecule has 0 amide bonds. The van der Waals surface area contributed by atoms with Crippen molar-refractivity contribution in [2.75, 3.05) is 20.3 Å². The van der Waals surface area contributed by atoms with E-state index in [1.165, 1.54) is 25.3 Å². The monoisotopic (exact) mass is 268 g/mol. The molecule has 1 fully saturated rings. The Bertz CT molecular complexity index is 467. The van der Waals surface area contributed by atoms with E-state index in [0.29, 0.717) is 37.4 Å².